The van der Waals surface area contributed by atoms with Crippen LogP contribution >= 0.6 is 11.6 Å². The van der Waals surface area contributed by atoms with E-state index in [9.17, 15) is 14.0 Å². The first-order valence-corrected chi connectivity index (χ1v) is 10.1. The third-order valence-corrected chi connectivity index (χ3v) is 5.67. The molecule has 1 heterocycles. The third kappa shape index (κ3) is 5.04. The van der Waals surface area contributed by atoms with Crippen molar-refractivity contribution in [3.05, 3.63) is 75.4 Å². The second kappa shape index (κ2) is 9.70. The van der Waals surface area contributed by atoms with Gasteiger partial charge in [-0.15, -0.1) is 0 Å². The highest BCUT2D eigenvalue weighted by molar-refractivity contribution is 6.34. The van der Waals surface area contributed by atoms with E-state index in [1.807, 2.05) is 0 Å². The Morgan fingerprint density at radius 2 is 1.93 bits per heavy atom. The zero-order valence-corrected chi connectivity index (χ0v) is 17.0. The Morgan fingerprint density at radius 3 is 2.62 bits per heavy atom. The van der Waals surface area contributed by atoms with Gasteiger partial charge < -0.3 is 10.3 Å². The second-order valence-corrected chi connectivity index (χ2v) is 7.86. The molecule has 4 nitrogen and oxygen atoms in total. The Morgan fingerprint density at radius 1 is 1.17 bits per heavy atom. The van der Waals surface area contributed by atoms with Crippen LogP contribution in [0.15, 0.2) is 53.5 Å². The van der Waals surface area contributed by atoms with Crippen LogP contribution in [0.4, 0.5) is 10.1 Å². The molecule has 0 radical (unpaired) electrons. The maximum Gasteiger partial charge on any atom is 0.255 e. The van der Waals surface area contributed by atoms with Gasteiger partial charge in [-0.1, -0.05) is 61.7 Å². The van der Waals surface area contributed by atoms with Crippen LogP contribution in [0.5, 0.6) is 0 Å². The van der Waals surface area contributed by atoms with Crippen LogP contribution < -0.4 is 10.9 Å². The molecule has 0 bridgehead atoms. The van der Waals surface area contributed by atoms with Crippen molar-refractivity contribution in [1.82, 2.24) is 4.98 Å². The number of rotatable bonds is 3. The van der Waals surface area contributed by atoms with Crippen LogP contribution in [-0.4, -0.2) is 11.4 Å². The van der Waals surface area contributed by atoms with Crippen molar-refractivity contribution in [2.75, 3.05) is 5.32 Å². The van der Waals surface area contributed by atoms with Crippen molar-refractivity contribution in [3.8, 4) is 0 Å². The average molecular weight is 415 g/mol. The molecule has 4 rings (SSSR count). The molecule has 2 N–H and O–H groups in total. The first kappa shape index (κ1) is 21.1. The molecule has 2 aromatic carbocycles. The zero-order valence-electron chi connectivity index (χ0n) is 16.3. The monoisotopic (exact) mass is 414 g/mol. The van der Waals surface area contributed by atoms with E-state index in [0.717, 1.165) is 11.8 Å². The van der Waals surface area contributed by atoms with Crippen molar-refractivity contribution in [3.63, 3.8) is 0 Å². The molecule has 1 aromatic heterocycles. The van der Waals surface area contributed by atoms with E-state index in [2.05, 4.69) is 47.6 Å². The van der Waals surface area contributed by atoms with Gasteiger partial charge in [0.15, 0.2) is 5.82 Å². The minimum absolute atomic E-state index is 0.0196. The van der Waals surface area contributed by atoms with Crippen LogP contribution in [0, 0.1) is 11.7 Å². The quantitative estimate of drug-likeness (QED) is 0.526. The number of fused-ring (bicyclic) bond motifs is 1. The molecule has 1 fully saturated rings. The van der Waals surface area contributed by atoms with Gasteiger partial charge in [-0.25, -0.2) is 4.39 Å². The lowest BCUT2D eigenvalue weighted by atomic mass is 9.79. The molecule has 6 heteroatoms. The van der Waals surface area contributed by atoms with E-state index in [1.165, 1.54) is 44.0 Å². The standard InChI is InChI=1S/C13H18.C10H6ClFN2O2/c1-11-6-5-9-13(10-11)12-7-3-2-4-8-12;11-7-3-6-5(1-2-13-10(6)16)8(12)9(7)14-4-15/h2-4,7-8,11,13H,5-6,9-10H2,1H3;1-4H,(H,13,16)(H,14,15). The summed E-state index contributed by atoms with van der Waals surface area (Å²) in [7, 11) is 0. The Kier molecular flexibility index (Phi) is 7.04. The van der Waals surface area contributed by atoms with Gasteiger partial charge in [-0.05, 0) is 42.4 Å². The number of halogens is 2. The van der Waals surface area contributed by atoms with Gasteiger partial charge in [-0.3, -0.25) is 9.59 Å². The summed E-state index contributed by atoms with van der Waals surface area (Å²) in [6.07, 6.45) is 7.29. The summed E-state index contributed by atoms with van der Waals surface area (Å²) in [4.78, 5) is 24.1. The number of nitrogens with one attached hydrogen (secondary N) is 2. The number of H-pyrrole nitrogens is 1. The first-order chi connectivity index (χ1) is 14.0. The molecule has 1 aliphatic carbocycles. The van der Waals surface area contributed by atoms with Crippen molar-refractivity contribution in [2.24, 2.45) is 5.92 Å². The number of pyridine rings is 1. The van der Waals surface area contributed by atoms with Crippen molar-refractivity contribution >= 4 is 34.5 Å². The van der Waals surface area contributed by atoms with E-state index in [-0.39, 0.29) is 21.5 Å². The number of hydrogen-bond acceptors (Lipinski definition) is 2. The topological polar surface area (TPSA) is 62.0 Å². The van der Waals surface area contributed by atoms with E-state index in [0.29, 0.717) is 6.41 Å². The highest BCUT2D eigenvalue weighted by atomic mass is 35.5. The predicted octanol–water partition coefficient (Wildman–Crippen LogP) is 5.87. The van der Waals surface area contributed by atoms with Gasteiger partial charge in [0, 0.05) is 11.6 Å². The molecule has 152 valence electrons. The molecular weight excluding hydrogens is 391 g/mol. The molecule has 1 aliphatic rings. The number of anilines is 1. The van der Waals surface area contributed by atoms with Gasteiger partial charge in [0.1, 0.15) is 0 Å². The summed E-state index contributed by atoms with van der Waals surface area (Å²) in [5.74, 6) is 1.05. The molecular formula is C23H24ClFN2O2. The van der Waals surface area contributed by atoms with Crippen LogP contribution in [0.2, 0.25) is 5.02 Å². The van der Waals surface area contributed by atoms with Gasteiger partial charge in [0.25, 0.3) is 5.56 Å². The van der Waals surface area contributed by atoms with Gasteiger partial charge >= 0.3 is 0 Å². The van der Waals surface area contributed by atoms with Crippen molar-refractivity contribution < 1.29 is 9.18 Å². The molecule has 0 spiro atoms. The van der Waals surface area contributed by atoms with Crippen molar-refractivity contribution in [1.29, 1.82) is 0 Å². The summed E-state index contributed by atoms with van der Waals surface area (Å²) in [5.41, 5.74) is 0.986. The number of benzene rings is 2. The maximum absolute atomic E-state index is 13.8. The summed E-state index contributed by atoms with van der Waals surface area (Å²) >= 11 is 5.75. The fraction of sp³-hybridized carbons (Fsp3) is 0.304. The molecule has 2 unspecified atom stereocenters. The van der Waals surface area contributed by atoms with Gasteiger partial charge in [-0.2, -0.15) is 0 Å². The number of aromatic amines is 1. The third-order valence-electron chi connectivity index (χ3n) is 5.38. The summed E-state index contributed by atoms with van der Waals surface area (Å²) in [6.45, 7) is 2.38. The molecule has 0 aliphatic heterocycles. The fourth-order valence-electron chi connectivity index (χ4n) is 3.92. The second-order valence-electron chi connectivity index (χ2n) is 7.46. The largest absolute Gasteiger partial charge is 0.329 e. The smallest absolute Gasteiger partial charge is 0.255 e. The summed E-state index contributed by atoms with van der Waals surface area (Å²) < 4.78 is 13.8. The molecule has 2 atom stereocenters. The average Bonchev–Trinajstić information content (AvgIpc) is 2.73. The SMILES string of the molecule is CC1CCCC(c2ccccc2)C1.O=CNc1c(Cl)cc2c(=O)[nH]ccc2c1F. The minimum Gasteiger partial charge on any atom is -0.329 e. The molecule has 0 saturated heterocycles. The Bertz CT molecular complexity index is 1040. The maximum atomic E-state index is 13.8. The normalized spacial score (nSPS) is 18.6. The van der Waals surface area contributed by atoms with Crippen LogP contribution in [-0.2, 0) is 4.79 Å². The van der Waals surface area contributed by atoms with Crippen LogP contribution in [0.1, 0.15) is 44.1 Å². The predicted molar refractivity (Wildman–Crippen MR) is 116 cm³/mol. The van der Waals surface area contributed by atoms with E-state index in [1.54, 1.807) is 5.56 Å². The van der Waals surface area contributed by atoms with Gasteiger partial charge in [0.2, 0.25) is 6.41 Å². The van der Waals surface area contributed by atoms with Gasteiger partial charge in [0.05, 0.1) is 16.1 Å². The molecule has 1 amide bonds. The minimum atomic E-state index is -0.722. The van der Waals surface area contributed by atoms with E-state index >= 15 is 0 Å². The lowest BCUT2D eigenvalue weighted by Crippen LogP contribution is -2.11. The number of carbonyl (C=O) groups excluding carboxylic acids is 1. The van der Waals surface area contributed by atoms with Crippen molar-refractivity contribution in [2.45, 2.75) is 38.5 Å². The van der Waals surface area contributed by atoms with E-state index in [4.69, 9.17) is 11.6 Å². The Labute approximate surface area is 174 Å². The zero-order chi connectivity index (χ0) is 20.8. The molecule has 1 saturated carbocycles. The van der Waals surface area contributed by atoms with Crippen LogP contribution in [0.3, 0.4) is 0 Å². The number of amides is 1. The van der Waals surface area contributed by atoms with Crippen LogP contribution in [0.25, 0.3) is 10.8 Å². The summed E-state index contributed by atoms with van der Waals surface area (Å²) in [5, 5.41) is 2.39. The molecule has 3 aromatic rings. The first-order valence-electron chi connectivity index (χ1n) is 9.75. The fourth-order valence-corrected chi connectivity index (χ4v) is 4.16. The Balaban J connectivity index is 0.000000169. The highest BCUT2D eigenvalue weighted by Crippen LogP contribution is 2.35. The number of aromatic nitrogens is 1. The Hall–Kier alpha value is -2.66. The molecule has 29 heavy (non-hydrogen) atoms. The summed E-state index contributed by atoms with van der Waals surface area (Å²) in [6, 6.07) is 13.7. The lowest BCUT2D eigenvalue weighted by Gasteiger charge is -2.26. The van der Waals surface area contributed by atoms with E-state index < -0.39 is 11.4 Å². The highest BCUT2D eigenvalue weighted by Gasteiger charge is 2.19. The number of hydrogen-bond donors (Lipinski definition) is 2. The lowest BCUT2D eigenvalue weighted by molar-refractivity contribution is -0.105. The number of carbonyl (C=O) groups is 1.